The number of aryl methyl sites for hydroxylation is 1. The van der Waals surface area contributed by atoms with Crippen LogP contribution in [0.2, 0.25) is 0 Å². The van der Waals surface area contributed by atoms with Gasteiger partial charge < -0.3 is 9.47 Å². The Labute approximate surface area is 155 Å². The highest BCUT2D eigenvalue weighted by Crippen LogP contribution is 2.44. The summed E-state index contributed by atoms with van der Waals surface area (Å²) in [6, 6.07) is 9.36. The average Bonchev–Trinajstić information content (AvgIpc) is 3.45. The zero-order valence-corrected chi connectivity index (χ0v) is 15.0. The summed E-state index contributed by atoms with van der Waals surface area (Å²) in [6.45, 7) is 1.51. The van der Waals surface area contributed by atoms with Gasteiger partial charge >= 0.3 is 12.3 Å². The molecule has 0 bridgehead atoms. The summed E-state index contributed by atoms with van der Waals surface area (Å²) in [7, 11) is 1.25. The Morgan fingerprint density at radius 2 is 1.96 bits per heavy atom. The Kier molecular flexibility index (Phi) is 5.30. The third-order valence-electron chi connectivity index (χ3n) is 4.46. The molecule has 0 aromatic heterocycles. The van der Waals surface area contributed by atoms with E-state index in [0.29, 0.717) is 22.7 Å². The van der Waals surface area contributed by atoms with Crippen LogP contribution in [0, 0.1) is 6.92 Å². The standard InChI is InChI=1S/C20H20F3NO3/c1-12-6-9-18(16(10-12)20(21,22)23)27-11-15-14(13-7-8-13)4-3-5-17(15)24-19(25)26-2/h3-6,9-10,13H,7-8,11H2,1-2H3,(H,24,25). The number of carbonyl (C=O) groups is 1. The van der Waals surface area contributed by atoms with E-state index in [1.54, 1.807) is 25.1 Å². The van der Waals surface area contributed by atoms with E-state index in [4.69, 9.17) is 4.74 Å². The number of carbonyl (C=O) groups excluding carboxylic acids is 1. The largest absolute Gasteiger partial charge is 0.488 e. The number of ether oxygens (including phenoxy) is 2. The number of amides is 1. The van der Waals surface area contributed by atoms with Crippen molar-refractivity contribution in [3.05, 3.63) is 58.7 Å². The molecule has 1 aliphatic carbocycles. The van der Waals surface area contributed by atoms with E-state index in [2.05, 4.69) is 10.1 Å². The van der Waals surface area contributed by atoms with Crippen LogP contribution in [0.4, 0.5) is 23.7 Å². The minimum Gasteiger partial charge on any atom is -0.488 e. The van der Waals surface area contributed by atoms with Crippen LogP contribution in [-0.2, 0) is 17.5 Å². The summed E-state index contributed by atoms with van der Waals surface area (Å²) >= 11 is 0. The lowest BCUT2D eigenvalue weighted by atomic mass is 10.0. The van der Waals surface area contributed by atoms with E-state index < -0.39 is 17.8 Å². The number of halogens is 3. The summed E-state index contributed by atoms with van der Waals surface area (Å²) in [5.74, 6) is 0.103. The minimum atomic E-state index is -4.51. The van der Waals surface area contributed by atoms with Crippen LogP contribution < -0.4 is 10.1 Å². The molecule has 0 aliphatic heterocycles. The minimum absolute atomic E-state index is 0.0852. The number of nitrogens with one attached hydrogen (secondary N) is 1. The Morgan fingerprint density at radius 3 is 2.59 bits per heavy atom. The number of hydrogen-bond acceptors (Lipinski definition) is 3. The molecule has 7 heteroatoms. The Hall–Kier alpha value is -2.70. The van der Waals surface area contributed by atoms with Crippen LogP contribution >= 0.6 is 0 Å². The van der Waals surface area contributed by atoms with Crippen molar-refractivity contribution in [2.24, 2.45) is 0 Å². The van der Waals surface area contributed by atoms with E-state index in [0.717, 1.165) is 24.5 Å². The molecule has 0 saturated heterocycles. The molecule has 0 spiro atoms. The summed E-state index contributed by atoms with van der Waals surface area (Å²) < 4.78 is 50.1. The molecule has 0 atom stereocenters. The first-order valence-corrected chi connectivity index (χ1v) is 8.57. The summed E-state index contributed by atoms with van der Waals surface area (Å²) in [6.07, 6.45) is -3.14. The zero-order valence-electron chi connectivity index (χ0n) is 15.0. The maximum absolute atomic E-state index is 13.3. The second-order valence-corrected chi connectivity index (χ2v) is 6.55. The van der Waals surface area contributed by atoms with Crippen LogP contribution in [-0.4, -0.2) is 13.2 Å². The lowest BCUT2D eigenvalue weighted by Crippen LogP contribution is -2.15. The van der Waals surface area contributed by atoms with Crippen molar-refractivity contribution in [1.29, 1.82) is 0 Å². The fraction of sp³-hybridized carbons (Fsp3) is 0.350. The molecule has 1 saturated carbocycles. The van der Waals surface area contributed by atoms with Gasteiger partial charge in [-0.1, -0.05) is 23.8 Å². The summed E-state index contributed by atoms with van der Waals surface area (Å²) in [4.78, 5) is 11.6. The highest BCUT2D eigenvalue weighted by Gasteiger charge is 2.35. The Bertz CT molecular complexity index is 845. The molecule has 27 heavy (non-hydrogen) atoms. The normalized spacial score (nSPS) is 14.0. The molecule has 4 nitrogen and oxygen atoms in total. The molecule has 0 radical (unpaired) electrons. The van der Waals surface area contributed by atoms with E-state index in [-0.39, 0.29) is 12.4 Å². The molecule has 0 unspecified atom stereocenters. The van der Waals surface area contributed by atoms with Crippen molar-refractivity contribution >= 4 is 11.8 Å². The molecule has 2 aromatic rings. The molecule has 1 amide bonds. The fourth-order valence-electron chi connectivity index (χ4n) is 2.96. The predicted molar refractivity (Wildman–Crippen MR) is 95.0 cm³/mol. The topological polar surface area (TPSA) is 47.6 Å². The van der Waals surface area contributed by atoms with Crippen LogP contribution in [0.5, 0.6) is 5.75 Å². The number of anilines is 1. The highest BCUT2D eigenvalue weighted by molar-refractivity contribution is 5.86. The van der Waals surface area contributed by atoms with E-state index in [1.165, 1.54) is 13.2 Å². The van der Waals surface area contributed by atoms with Gasteiger partial charge in [-0.25, -0.2) is 4.79 Å². The molecule has 0 heterocycles. The first kappa shape index (κ1) is 19.1. The van der Waals surface area contributed by atoms with Crippen molar-refractivity contribution < 1.29 is 27.4 Å². The quantitative estimate of drug-likeness (QED) is 0.730. The Balaban J connectivity index is 1.91. The van der Waals surface area contributed by atoms with E-state index in [9.17, 15) is 18.0 Å². The van der Waals surface area contributed by atoms with Gasteiger partial charge in [0.05, 0.1) is 18.4 Å². The predicted octanol–water partition coefficient (Wildman–Crippen LogP) is 5.65. The van der Waals surface area contributed by atoms with Gasteiger partial charge in [-0.2, -0.15) is 13.2 Å². The van der Waals surface area contributed by atoms with Crippen LogP contribution in [0.1, 0.15) is 41.0 Å². The molecule has 1 aliphatic rings. The number of methoxy groups -OCH3 is 1. The number of rotatable bonds is 5. The van der Waals surface area contributed by atoms with Crippen LogP contribution in [0.15, 0.2) is 36.4 Å². The van der Waals surface area contributed by atoms with Crippen molar-refractivity contribution in [2.75, 3.05) is 12.4 Å². The Morgan fingerprint density at radius 1 is 1.22 bits per heavy atom. The smallest absolute Gasteiger partial charge is 0.419 e. The van der Waals surface area contributed by atoms with Gasteiger partial charge in [0, 0.05) is 5.56 Å². The maximum atomic E-state index is 13.3. The van der Waals surface area contributed by atoms with Gasteiger partial charge in [0.15, 0.2) is 0 Å². The number of hydrogen-bond donors (Lipinski definition) is 1. The summed E-state index contributed by atoms with van der Waals surface area (Å²) in [5.41, 5.74) is 1.81. The molecule has 1 fully saturated rings. The van der Waals surface area contributed by atoms with Gasteiger partial charge in [0.25, 0.3) is 0 Å². The lowest BCUT2D eigenvalue weighted by molar-refractivity contribution is -0.139. The van der Waals surface area contributed by atoms with Crippen molar-refractivity contribution in [3.63, 3.8) is 0 Å². The second kappa shape index (κ2) is 7.50. The SMILES string of the molecule is COC(=O)Nc1cccc(C2CC2)c1COc1ccc(C)cc1C(F)(F)F. The third-order valence-corrected chi connectivity index (χ3v) is 4.46. The van der Waals surface area contributed by atoms with Crippen LogP contribution in [0.25, 0.3) is 0 Å². The lowest BCUT2D eigenvalue weighted by Gasteiger charge is -2.18. The van der Waals surface area contributed by atoms with E-state index in [1.807, 2.05) is 6.07 Å². The second-order valence-electron chi connectivity index (χ2n) is 6.55. The third kappa shape index (κ3) is 4.53. The number of benzene rings is 2. The zero-order chi connectivity index (χ0) is 19.6. The molecule has 2 aromatic carbocycles. The highest BCUT2D eigenvalue weighted by atomic mass is 19.4. The molecular formula is C20H20F3NO3. The van der Waals surface area contributed by atoms with Gasteiger partial charge in [-0.05, 0) is 49.4 Å². The summed E-state index contributed by atoms with van der Waals surface area (Å²) in [5, 5.41) is 2.61. The fourth-order valence-corrected chi connectivity index (χ4v) is 2.96. The van der Waals surface area contributed by atoms with Crippen LogP contribution in [0.3, 0.4) is 0 Å². The van der Waals surface area contributed by atoms with Gasteiger partial charge in [0.2, 0.25) is 0 Å². The van der Waals surface area contributed by atoms with E-state index >= 15 is 0 Å². The molecule has 1 N–H and O–H groups in total. The van der Waals surface area contributed by atoms with Crippen molar-refractivity contribution in [2.45, 2.75) is 38.5 Å². The van der Waals surface area contributed by atoms with Gasteiger partial charge in [-0.15, -0.1) is 0 Å². The van der Waals surface area contributed by atoms with Gasteiger partial charge in [0.1, 0.15) is 12.4 Å². The number of alkyl halides is 3. The first-order chi connectivity index (χ1) is 12.8. The monoisotopic (exact) mass is 379 g/mol. The molecular weight excluding hydrogens is 359 g/mol. The molecule has 144 valence electrons. The van der Waals surface area contributed by atoms with Gasteiger partial charge in [-0.3, -0.25) is 5.32 Å². The van der Waals surface area contributed by atoms with Crippen molar-refractivity contribution in [1.82, 2.24) is 0 Å². The average molecular weight is 379 g/mol. The molecule has 3 rings (SSSR count). The maximum Gasteiger partial charge on any atom is 0.419 e. The first-order valence-electron chi connectivity index (χ1n) is 8.57. The van der Waals surface area contributed by atoms with Crippen molar-refractivity contribution in [3.8, 4) is 5.75 Å².